The van der Waals surface area contributed by atoms with Gasteiger partial charge in [-0.05, 0) is 44.9 Å². The van der Waals surface area contributed by atoms with Crippen LogP contribution in [0.3, 0.4) is 0 Å². The van der Waals surface area contributed by atoms with Gasteiger partial charge in [0, 0.05) is 13.5 Å². The third kappa shape index (κ3) is 12.8. The van der Waals surface area contributed by atoms with E-state index in [9.17, 15) is 4.79 Å². The quantitative estimate of drug-likeness (QED) is 0.441. The van der Waals surface area contributed by atoms with Gasteiger partial charge in [-0.1, -0.05) is 51.7 Å². The van der Waals surface area contributed by atoms with Gasteiger partial charge in [-0.2, -0.15) is 0 Å². The van der Waals surface area contributed by atoms with Crippen molar-refractivity contribution in [1.82, 2.24) is 0 Å². The second-order valence-corrected chi connectivity index (χ2v) is 7.02. The van der Waals surface area contributed by atoms with E-state index in [0.717, 1.165) is 31.1 Å². The van der Waals surface area contributed by atoms with Crippen molar-refractivity contribution in [2.75, 3.05) is 7.11 Å². The molecule has 0 aliphatic heterocycles. The molecule has 2 heteroatoms. The summed E-state index contributed by atoms with van der Waals surface area (Å²) in [4.78, 5) is 10.9. The summed E-state index contributed by atoms with van der Waals surface area (Å²) < 4.78 is 5.64. The first-order chi connectivity index (χ1) is 9.85. The van der Waals surface area contributed by atoms with Gasteiger partial charge in [0.15, 0.2) is 0 Å². The number of carbonyl (C=O) groups excluding carboxylic acids is 1. The smallest absolute Gasteiger partial charge is 0.130 e. The normalized spacial score (nSPS) is 15.3. The second kappa shape index (κ2) is 12.0. The fraction of sp³-hybridized carbons (Fsp3) is 0.842. The topological polar surface area (TPSA) is 26.3 Å². The molecular formula is C19H36O2. The van der Waals surface area contributed by atoms with E-state index in [4.69, 9.17) is 4.74 Å². The predicted octanol–water partition coefficient (Wildman–Crippen LogP) is 5.56. The Bertz CT molecular complexity index is 305. The van der Waals surface area contributed by atoms with Crippen LogP contribution in [0.25, 0.3) is 0 Å². The van der Waals surface area contributed by atoms with Crippen LogP contribution in [0.4, 0.5) is 0 Å². The summed E-state index contributed by atoms with van der Waals surface area (Å²) in [7, 11) is 1.81. The van der Waals surface area contributed by atoms with Gasteiger partial charge in [0.2, 0.25) is 0 Å². The third-order valence-corrected chi connectivity index (χ3v) is 4.02. The van der Waals surface area contributed by atoms with Gasteiger partial charge in [-0.25, -0.2) is 0 Å². The van der Waals surface area contributed by atoms with Crippen molar-refractivity contribution >= 4 is 5.78 Å². The molecule has 0 aliphatic rings. The van der Waals surface area contributed by atoms with Crippen LogP contribution in [0.5, 0.6) is 0 Å². The van der Waals surface area contributed by atoms with Crippen LogP contribution in [0.2, 0.25) is 0 Å². The monoisotopic (exact) mass is 296 g/mol. The summed E-state index contributed by atoms with van der Waals surface area (Å²) in [5.41, 5.74) is 1.34. The number of hydrogen-bond acceptors (Lipinski definition) is 2. The highest BCUT2D eigenvalue weighted by molar-refractivity contribution is 5.75. The molecule has 0 saturated heterocycles. The second-order valence-electron chi connectivity index (χ2n) is 7.02. The summed E-state index contributed by atoms with van der Waals surface area (Å²) in [6.07, 6.45) is 10.1. The van der Waals surface area contributed by atoms with Crippen LogP contribution in [-0.4, -0.2) is 19.0 Å². The number of hydrogen-bond donors (Lipinski definition) is 0. The van der Waals surface area contributed by atoms with E-state index in [1.54, 1.807) is 6.92 Å². The highest BCUT2D eigenvalue weighted by atomic mass is 16.5. The molecule has 0 rings (SSSR count). The van der Waals surface area contributed by atoms with Crippen molar-refractivity contribution in [2.45, 2.75) is 85.7 Å². The highest BCUT2D eigenvalue weighted by Gasteiger charge is 2.13. The van der Waals surface area contributed by atoms with Gasteiger partial charge < -0.3 is 9.53 Å². The first-order valence-corrected chi connectivity index (χ1v) is 8.53. The predicted molar refractivity (Wildman–Crippen MR) is 91.6 cm³/mol. The zero-order valence-corrected chi connectivity index (χ0v) is 15.1. The molecule has 0 aromatic rings. The zero-order valence-electron chi connectivity index (χ0n) is 15.1. The SMILES string of the molecule is COC(CC(C)=CCCC(C)=O)CC(C)CCCC(C)C. The fourth-order valence-electron chi connectivity index (χ4n) is 2.67. The summed E-state index contributed by atoms with van der Waals surface area (Å²) in [5, 5.41) is 0. The number of ether oxygens (including phenoxy) is 1. The van der Waals surface area contributed by atoms with E-state index in [1.165, 1.54) is 24.8 Å². The molecule has 0 bridgehead atoms. The molecule has 2 nitrogen and oxygen atoms in total. The lowest BCUT2D eigenvalue weighted by Gasteiger charge is -2.20. The summed E-state index contributed by atoms with van der Waals surface area (Å²) in [6.45, 7) is 10.7. The zero-order chi connectivity index (χ0) is 16.3. The minimum atomic E-state index is 0.265. The van der Waals surface area contributed by atoms with E-state index in [-0.39, 0.29) is 5.78 Å². The first kappa shape index (κ1) is 20.4. The summed E-state index contributed by atoms with van der Waals surface area (Å²) in [6, 6.07) is 0. The summed E-state index contributed by atoms with van der Waals surface area (Å²) >= 11 is 0. The lowest BCUT2D eigenvalue weighted by atomic mass is 9.93. The number of ketones is 1. The molecule has 0 aromatic heterocycles. The van der Waals surface area contributed by atoms with Crippen LogP contribution in [0, 0.1) is 11.8 Å². The Morgan fingerprint density at radius 1 is 1.14 bits per heavy atom. The maximum atomic E-state index is 10.9. The lowest BCUT2D eigenvalue weighted by Crippen LogP contribution is -2.15. The number of allylic oxidation sites excluding steroid dienone is 1. The van der Waals surface area contributed by atoms with Crippen molar-refractivity contribution in [2.24, 2.45) is 11.8 Å². The van der Waals surface area contributed by atoms with E-state index >= 15 is 0 Å². The van der Waals surface area contributed by atoms with Gasteiger partial charge in [-0.3, -0.25) is 0 Å². The van der Waals surface area contributed by atoms with Crippen LogP contribution in [0.1, 0.15) is 79.6 Å². The first-order valence-electron chi connectivity index (χ1n) is 8.53. The van der Waals surface area contributed by atoms with Gasteiger partial charge in [0.25, 0.3) is 0 Å². The highest BCUT2D eigenvalue weighted by Crippen LogP contribution is 2.21. The van der Waals surface area contributed by atoms with E-state index < -0.39 is 0 Å². The van der Waals surface area contributed by atoms with Crippen molar-refractivity contribution in [3.8, 4) is 0 Å². The Morgan fingerprint density at radius 3 is 2.33 bits per heavy atom. The number of methoxy groups -OCH3 is 1. The molecule has 2 unspecified atom stereocenters. The molecule has 0 aliphatic carbocycles. The molecule has 0 N–H and O–H groups in total. The van der Waals surface area contributed by atoms with E-state index in [1.807, 2.05) is 7.11 Å². The number of rotatable bonds is 12. The van der Waals surface area contributed by atoms with Crippen molar-refractivity contribution in [1.29, 1.82) is 0 Å². The van der Waals surface area contributed by atoms with Crippen LogP contribution in [-0.2, 0) is 9.53 Å². The van der Waals surface area contributed by atoms with Crippen LogP contribution >= 0.6 is 0 Å². The Balaban J connectivity index is 4.05. The number of carbonyl (C=O) groups is 1. The van der Waals surface area contributed by atoms with Gasteiger partial charge in [0.1, 0.15) is 5.78 Å². The maximum Gasteiger partial charge on any atom is 0.130 e. The van der Waals surface area contributed by atoms with Crippen molar-refractivity contribution in [3.05, 3.63) is 11.6 Å². The average Bonchev–Trinajstić information content (AvgIpc) is 2.36. The molecular weight excluding hydrogens is 260 g/mol. The minimum absolute atomic E-state index is 0.265. The van der Waals surface area contributed by atoms with E-state index in [0.29, 0.717) is 12.5 Å². The molecule has 0 radical (unpaired) electrons. The standard InChI is InChI=1S/C19H36O2/c1-15(2)9-7-10-16(3)13-19(21-6)14-17(4)11-8-12-18(5)20/h11,15-16,19H,7-10,12-14H2,1-6H3. The molecule has 0 heterocycles. The summed E-state index contributed by atoms with van der Waals surface area (Å²) in [5.74, 6) is 1.79. The average molecular weight is 296 g/mol. The molecule has 2 atom stereocenters. The molecule has 0 amide bonds. The van der Waals surface area contributed by atoms with E-state index in [2.05, 4.69) is 33.8 Å². The molecule has 124 valence electrons. The molecule has 0 fully saturated rings. The van der Waals surface area contributed by atoms with Crippen molar-refractivity contribution in [3.63, 3.8) is 0 Å². The molecule has 0 aromatic carbocycles. The Labute approximate surface area is 132 Å². The van der Waals surface area contributed by atoms with Crippen LogP contribution in [0.15, 0.2) is 11.6 Å². The van der Waals surface area contributed by atoms with Gasteiger partial charge >= 0.3 is 0 Å². The molecule has 21 heavy (non-hydrogen) atoms. The fourth-order valence-corrected chi connectivity index (χ4v) is 2.67. The lowest BCUT2D eigenvalue weighted by molar-refractivity contribution is -0.116. The Morgan fingerprint density at radius 2 is 1.81 bits per heavy atom. The maximum absolute atomic E-state index is 10.9. The van der Waals surface area contributed by atoms with Crippen LogP contribution < -0.4 is 0 Å². The third-order valence-electron chi connectivity index (χ3n) is 4.02. The van der Waals surface area contributed by atoms with Crippen molar-refractivity contribution < 1.29 is 9.53 Å². The van der Waals surface area contributed by atoms with Gasteiger partial charge in [0.05, 0.1) is 6.10 Å². The Kier molecular flexibility index (Phi) is 11.6. The largest absolute Gasteiger partial charge is 0.381 e. The van der Waals surface area contributed by atoms with Gasteiger partial charge in [-0.15, -0.1) is 0 Å². The number of Topliss-reactive ketones (excluding diaryl/α,β-unsaturated/α-hetero) is 1. The molecule has 0 saturated carbocycles. The Hall–Kier alpha value is -0.630. The minimum Gasteiger partial charge on any atom is -0.381 e. The molecule has 0 spiro atoms.